The molecule has 0 heterocycles. The number of hydrogen-bond donors (Lipinski definition) is 2. The zero-order valence-electron chi connectivity index (χ0n) is 15.7. The molecule has 2 rings (SSSR count). The van der Waals surface area contributed by atoms with Crippen LogP contribution in [0.4, 0.5) is 0 Å². The summed E-state index contributed by atoms with van der Waals surface area (Å²) in [5, 5.41) is 13.7. The number of hydrazone groups is 1. The van der Waals surface area contributed by atoms with Gasteiger partial charge in [-0.1, -0.05) is 32.9 Å². The van der Waals surface area contributed by atoms with Gasteiger partial charge in [0.1, 0.15) is 5.75 Å². The Balaban J connectivity index is 1.88. The van der Waals surface area contributed by atoms with E-state index in [2.05, 4.69) is 31.3 Å². The van der Waals surface area contributed by atoms with Gasteiger partial charge in [0.15, 0.2) is 18.1 Å². The van der Waals surface area contributed by atoms with Crippen LogP contribution in [0.15, 0.2) is 41.5 Å². The van der Waals surface area contributed by atoms with E-state index >= 15 is 0 Å². The lowest BCUT2D eigenvalue weighted by Gasteiger charge is -2.19. The quantitative estimate of drug-likeness (QED) is 0.373. The van der Waals surface area contributed by atoms with Crippen LogP contribution in [0, 0.1) is 3.57 Å². The van der Waals surface area contributed by atoms with Gasteiger partial charge in [-0.15, -0.1) is 0 Å². The Morgan fingerprint density at radius 2 is 1.93 bits per heavy atom. The molecule has 0 spiro atoms. The van der Waals surface area contributed by atoms with E-state index in [-0.39, 0.29) is 23.7 Å². The van der Waals surface area contributed by atoms with Crippen LogP contribution in [0.25, 0.3) is 0 Å². The van der Waals surface area contributed by atoms with E-state index in [0.717, 1.165) is 0 Å². The molecule has 0 radical (unpaired) electrons. The third-order valence-corrected chi connectivity index (χ3v) is 4.59. The highest BCUT2D eigenvalue weighted by atomic mass is 127. The van der Waals surface area contributed by atoms with Gasteiger partial charge in [0.2, 0.25) is 0 Å². The minimum absolute atomic E-state index is 0.0688. The van der Waals surface area contributed by atoms with Crippen LogP contribution in [0.5, 0.6) is 17.2 Å². The molecule has 6 nitrogen and oxygen atoms in total. The molecule has 0 saturated heterocycles. The molecule has 2 N–H and O–H groups in total. The van der Waals surface area contributed by atoms with E-state index in [1.165, 1.54) is 18.9 Å². The minimum atomic E-state index is -0.369. The first-order valence-electron chi connectivity index (χ1n) is 8.32. The van der Waals surface area contributed by atoms with Crippen molar-refractivity contribution in [1.29, 1.82) is 0 Å². The summed E-state index contributed by atoms with van der Waals surface area (Å²) in [6.45, 7) is 6.28. The third-order valence-electron chi connectivity index (χ3n) is 3.76. The van der Waals surface area contributed by atoms with Gasteiger partial charge in [0.25, 0.3) is 5.91 Å². The number of halogens is 1. The summed E-state index contributed by atoms with van der Waals surface area (Å²) in [7, 11) is 1.47. The molecule has 0 aliphatic carbocycles. The van der Waals surface area contributed by atoms with Crippen molar-refractivity contribution < 1.29 is 19.4 Å². The predicted octanol–water partition coefficient (Wildman–Crippen LogP) is 3.83. The van der Waals surface area contributed by atoms with Crippen molar-refractivity contribution in [2.45, 2.75) is 26.2 Å². The highest BCUT2D eigenvalue weighted by molar-refractivity contribution is 14.1. The Bertz CT molecular complexity index is 827. The fraction of sp³-hybridized carbons (Fsp3) is 0.300. The number of ether oxygens (including phenoxy) is 2. The molecule has 27 heavy (non-hydrogen) atoms. The first-order chi connectivity index (χ1) is 12.7. The number of carbonyl (C=O) groups excluding carboxylic acids is 1. The second kappa shape index (κ2) is 9.07. The summed E-state index contributed by atoms with van der Waals surface area (Å²) in [6, 6.07) is 11.0. The van der Waals surface area contributed by atoms with Gasteiger partial charge >= 0.3 is 0 Å². The lowest BCUT2D eigenvalue weighted by Crippen LogP contribution is -2.24. The lowest BCUT2D eigenvalue weighted by molar-refractivity contribution is -0.123. The van der Waals surface area contributed by atoms with Gasteiger partial charge in [-0.2, -0.15) is 5.10 Å². The molecule has 0 saturated carbocycles. The molecule has 0 aliphatic heterocycles. The highest BCUT2D eigenvalue weighted by Crippen LogP contribution is 2.31. The van der Waals surface area contributed by atoms with Crippen molar-refractivity contribution in [2.24, 2.45) is 5.10 Å². The van der Waals surface area contributed by atoms with E-state index in [1.807, 2.05) is 46.9 Å². The Morgan fingerprint density at radius 3 is 2.52 bits per heavy atom. The number of carbonyl (C=O) groups is 1. The first-order valence-corrected chi connectivity index (χ1v) is 9.40. The fourth-order valence-corrected chi connectivity index (χ4v) is 2.86. The fourth-order valence-electron chi connectivity index (χ4n) is 2.24. The van der Waals surface area contributed by atoms with Crippen LogP contribution in [0.2, 0.25) is 0 Å². The maximum atomic E-state index is 11.9. The number of phenols is 1. The smallest absolute Gasteiger partial charge is 0.277 e. The van der Waals surface area contributed by atoms with Gasteiger partial charge in [-0.3, -0.25) is 4.79 Å². The standard InChI is InChI=1S/C20H23IN2O4/c1-20(2,3)14-5-7-15(8-6-14)27-12-18(24)23-22-11-13-9-16(21)19(25)17(10-13)26-4/h5-11,25H,12H2,1-4H3,(H,23,24). The second-order valence-corrected chi connectivity index (χ2v) is 8.07. The third kappa shape index (κ3) is 6.13. The van der Waals surface area contributed by atoms with Crippen molar-refractivity contribution in [2.75, 3.05) is 13.7 Å². The number of phenolic OH excluding ortho intramolecular Hbond substituents is 1. The summed E-state index contributed by atoms with van der Waals surface area (Å²) in [5.74, 6) is 0.674. The zero-order valence-corrected chi connectivity index (χ0v) is 17.9. The number of benzene rings is 2. The molecule has 0 aromatic heterocycles. The minimum Gasteiger partial charge on any atom is -0.504 e. The molecule has 0 aliphatic rings. The molecule has 0 unspecified atom stereocenters. The van der Waals surface area contributed by atoms with Gasteiger partial charge in [0.05, 0.1) is 16.9 Å². The Labute approximate surface area is 172 Å². The largest absolute Gasteiger partial charge is 0.504 e. The normalized spacial score (nSPS) is 11.4. The average molecular weight is 482 g/mol. The molecule has 0 atom stereocenters. The number of amides is 1. The average Bonchev–Trinajstić information content (AvgIpc) is 2.62. The number of nitrogens with one attached hydrogen (secondary N) is 1. The SMILES string of the molecule is COc1cc(C=NNC(=O)COc2ccc(C(C)(C)C)cc2)cc(I)c1O. The monoisotopic (exact) mass is 482 g/mol. The van der Waals surface area contributed by atoms with E-state index in [9.17, 15) is 9.90 Å². The Morgan fingerprint density at radius 1 is 1.26 bits per heavy atom. The number of rotatable bonds is 6. The van der Waals surface area contributed by atoms with Gasteiger partial charge < -0.3 is 14.6 Å². The second-order valence-electron chi connectivity index (χ2n) is 6.91. The first kappa shape index (κ1) is 21.0. The molecule has 144 valence electrons. The molecular formula is C20H23IN2O4. The van der Waals surface area contributed by atoms with E-state index < -0.39 is 0 Å². The predicted molar refractivity (Wildman–Crippen MR) is 114 cm³/mol. The van der Waals surface area contributed by atoms with Crippen molar-refractivity contribution in [1.82, 2.24) is 5.43 Å². The highest BCUT2D eigenvalue weighted by Gasteiger charge is 2.13. The van der Waals surface area contributed by atoms with Gasteiger partial charge in [0, 0.05) is 0 Å². The van der Waals surface area contributed by atoms with Crippen molar-refractivity contribution in [3.05, 3.63) is 51.1 Å². The van der Waals surface area contributed by atoms with Crippen molar-refractivity contribution in [3.63, 3.8) is 0 Å². The molecule has 7 heteroatoms. The van der Waals surface area contributed by atoms with Crippen LogP contribution in [0.3, 0.4) is 0 Å². The molecule has 2 aromatic carbocycles. The maximum Gasteiger partial charge on any atom is 0.277 e. The van der Waals surface area contributed by atoms with E-state index in [1.54, 1.807) is 12.1 Å². The molecule has 2 aromatic rings. The van der Waals surface area contributed by atoms with Crippen LogP contribution in [-0.4, -0.2) is 30.9 Å². The number of hydrogen-bond acceptors (Lipinski definition) is 5. The summed E-state index contributed by atoms with van der Waals surface area (Å²) < 4.78 is 11.2. The van der Waals surface area contributed by atoms with Crippen molar-refractivity contribution in [3.8, 4) is 17.2 Å². The summed E-state index contributed by atoms with van der Waals surface area (Å²) in [4.78, 5) is 11.9. The van der Waals surface area contributed by atoms with Crippen LogP contribution >= 0.6 is 22.6 Å². The molecule has 1 amide bonds. The Kier molecular flexibility index (Phi) is 7.06. The van der Waals surface area contributed by atoms with Crippen LogP contribution in [0.1, 0.15) is 31.9 Å². The van der Waals surface area contributed by atoms with E-state index in [0.29, 0.717) is 20.6 Å². The topological polar surface area (TPSA) is 80.2 Å². The Hall–Kier alpha value is -2.29. The summed E-state index contributed by atoms with van der Waals surface area (Å²) in [5.41, 5.74) is 4.36. The van der Waals surface area contributed by atoms with E-state index in [4.69, 9.17) is 9.47 Å². The van der Waals surface area contributed by atoms with Gasteiger partial charge in [-0.05, 0) is 63.4 Å². The summed E-state index contributed by atoms with van der Waals surface area (Å²) in [6.07, 6.45) is 1.47. The number of nitrogens with zero attached hydrogens (tertiary/aromatic N) is 1. The molecule has 0 fully saturated rings. The van der Waals surface area contributed by atoms with Crippen molar-refractivity contribution >= 4 is 34.7 Å². The molecule has 0 bridgehead atoms. The summed E-state index contributed by atoms with van der Waals surface area (Å²) >= 11 is 1.99. The van der Waals surface area contributed by atoms with Crippen LogP contribution in [-0.2, 0) is 10.2 Å². The molecular weight excluding hydrogens is 459 g/mol. The van der Waals surface area contributed by atoms with Gasteiger partial charge in [-0.25, -0.2) is 5.43 Å². The maximum absolute atomic E-state index is 11.9. The zero-order chi connectivity index (χ0) is 20.0. The number of methoxy groups -OCH3 is 1. The van der Waals surface area contributed by atoms with Crippen LogP contribution < -0.4 is 14.9 Å². The number of aromatic hydroxyl groups is 1. The lowest BCUT2D eigenvalue weighted by atomic mass is 9.87.